The van der Waals surface area contributed by atoms with E-state index >= 15 is 0 Å². The third kappa shape index (κ3) is 4.83. The van der Waals surface area contributed by atoms with Crippen LogP contribution >= 0.6 is 11.3 Å². The average molecular weight is 473 g/mol. The standard InChI is InChI=1S/C24H28N2O4S2/c1-24(2,28)19-7-9-20(10-8-19)26-14-13-25(32(29,30)23-4-3-15-31-23)17-21(26)16-18-5-11-22(27)12-6-18/h3-12,15,21,27-28H,13-14,16-17H2,1-2H3/t21-/m0/s1. The van der Waals surface area contributed by atoms with E-state index in [2.05, 4.69) is 4.90 Å². The minimum absolute atomic E-state index is 0.0731. The Labute approximate surface area is 193 Å². The number of sulfonamides is 1. The number of thiophene rings is 1. The summed E-state index contributed by atoms with van der Waals surface area (Å²) in [6.45, 7) is 4.84. The smallest absolute Gasteiger partial charge is 0.252 e. The molecule has 0 aliphatic carbocycles. The van der Waals surface area contributed by atoms with Gasteiger partial charge in [0.05, 0.1) is 5.60 Å². The van der Waals surface area contributed by atoms with Gasteiger partial charge in [-0.25, -0.2) is 8.42 Å². The van der Waals surface area contributed by atoms with Gasteiger partial charge in [-0.1, -0.05) is 30.3 Å². The molecule has 32 heavy (non-hydrogen) atoms. The lowest BCUT2D eigenvalue weighted by atomic mass is 9.97. The first-order valence-corrected chi connectivity index (χ1v) is 12.9. The second-order valence-electron chi connectivity index (χ2n) is 8.62. The van der Waals surface area contributed by atoms with Gasteiger partial charge in [-0.15, -0.1) is 11.3 Å². The van der Waals surface area contributed by atoms with Gasteiger partial charge in [-0.05, 0) is 67.1 Å². The Morgan fingerprint density at radius 1 is 1.03 bits per heavy atom. The summed E-state index contributed by atoms with van der Waals surface area (Å²) in [4.78, 5) is 2.24. The number of aromatic hydroxyl groups is 1. The molecule has 0 bridgehead atoms. The molecule has 1 atom stereocenters. The van der Waals surface area contributed by atoms with Crippen LogP contribution in [-0.2, 0) is 22.0 Å². The third-order valence-corrected chi connectivity index (χ3v) is 9.09. The first kappa shape index (κ1) is 22.8. The Kier molecular flexibility index (Phi) is 6.31. The minimum atomic E-state index is -3.53. The van der Waals surface area contributed by atoms with E-state index in [1.165, 1.54) is 11.3 Å². The van der Waals surface area contributed by atoms with Crippen LogP contribution in [0.15, 0.2) is 70.3 Å². The van der Waals surface area contributed by atoms with Gasteiger partial charge in [0.25, 0.3) is 10.0 Å². The molecule has 170 valence electrons. The fraction of sp³-hybridized carbons (Fsp3) is 0.333. The van der Waals surface area contributed by atoms with Crippen molar-refractivity contribution in [3.05, 3.63) is 77.2 Å². The molecule has 1 aromatic heterocycles. The number of piperazine rings is 1. The van der Waals surface area contributed by atoms with E-state index in [1.807, 2.05) is 36.4 Å². The van der Waals surface area contributed by atoms with Crippen LogP contribution in [0, 0.1) is 0 Å². The molecular formula is C24H28N2O4S2. The number of hydrogen-bond acceptors (Lipinski definition) is 6. The van der Waals surface area contributed by atoms with Crippen molar-refractivity contribution in [2.45, 2.75) is 36.1 Å². The lowest BCUT2D eigenvalue weighted by molar-refractivity contribution is 0.0786. The van der Waals surface area contributed by atoms with Crippen molar-refractivity contribution in [1.29, 1.82) is 0 Å². The summed E-state index contributed by atoms with van der Waals surface area (Å²) in [6.07, 6.45) is 0.643. The molecule has 0 spiro atoms. The van der Waals surface area contributed by atoms with Crippen LogP contribution < -0.4 is 4.90 Å². The molecule has 1 fully saturated rings. The van der Waals surface area contributed by atoms with E-state index in [9.17, 15) is 18.6 Å². The summed E-state index contributed by atoms with van der Waals surface area (Å²) in [5.41, 5.74) is 1.93. The Bertz CT molecular complexity index is 1140. The van der Waals surface area contributed by atoms with Crippen LogP contribution in [-0.4, -0.2) is 48.6 Å². The van der Waals surface area contributed by atoms with Gasteiger partial charge in [0.2, 0.25) is 0 Å². The summed E-state index contributed by atoms with van der Waals surface area (Å²) in [5.74, 6) is 0.207. The van der Waals surface area contributed by atoms with Crippen molar-refractivity contribution >= 4 is 27.0 Å². The zero-order valence-electron chi connectivity index (χ0n) is 18.2. The molecule has 1 aliphatic heterocycles. The summed E-state index contributed by atoms with van der Waals surface area (Å²) < 4.78 is 28.2. The van der Waals surface area contributed by atoms with Crippen molar-refractivity contribution in [3.63, 3.8) is 0 Å². The second kappa shape index (κ2) is 8.86. The summed E-state index contributed by atoms with van der Waals surface area (Å²) >= 11 is 1.24. The molecule has 0 unspecified atom stereocenters. The second-order valence-corrected chi connectivity index (χ2v) is 11.7. The summed E-state index contributed by atoms with van der Waals surface area (Å²) in [7, 11) is -3.53. The van der Waals surface area contributed by atoms with Gasteiger partial charge in [0, 0.05) is 31.4 Å². The fourth-order valence-corrected chi connectivity index (χ4v) is 6.68. The van der Waals surface area contributed by atoms with Crippen molar-refractivity contribution < 1.29 is 18.6 Å². The van der Waals surface area contributed by atoms with E-state index in [4.69, 9.17) is 0 Å². The largest absolute Gasteiger partial charge is 0.508 e. The highest BCUT2D eigenvalue weighted by atomic mass is 32.2. The highest BCUT2D eigenvalue weighted by molar-refractivity contribution is 7.91. The molecule has 8 heteroatoms. The summed E-state index contributed by atoms with van der Waals surface area (Å²) in [5, 5.41) is 21.7. The molecule has 2 N–H and O–H groups in total. The van der Waals surface area contributed by atoms with Gasteiger partial charge < -0.3 is 15.1 Å². The Morgan fingerprint density at radius 2 is 1.72 bits per heavy atom. The molecule has 2 heterocycles. The number of benzene rings is 2. The van der Waals surface area contributed by atoms with Crippen LogP contribution in [0.2, 0.25) is 0 Å². The Balaban J connectivity index is 1.62. The topological polar surface area (TPSA) is 81.1 Å². The first-order chi connectivity index (χ1) is 15.1. The maximum atomic E-state index is 13.1. The van der Waals surface area contributed by atoms with Gasteiger partial charge in [0.1, 0.15) is 9.96 Å². The maximum absolute atomic E-state index is 13.1. The Hall–Kier alpha value is -2.39. The molecule has 1 saturated heterocycles. The average Bonchev–Trinajstić information content (AvgIpc) is 3.31. The molecule has 0 saturated carbocycles. The van der Waals surface area contributed by atoms with Crippen LogP contribution in [0.25, 0.3) is 0 Å². The molecule has 0 radical (unpaired) electrons. The number of phenols is 1. The van der Waals surface area contributed by atoms with E-state index < -0.39 is 15.6 Å². The molecule has 6 nitrogen and oxygen atoms in total. The molecule has 1 aliphatic rings. The number of anilines is 1. The number of aliphatic hydroxyl groups is 1. The van der Waals surface area contributed by atoms with Gasteiger partial charge in [-0.3, -0.25) is 0 Å². The highest BCUT2D eigenvalue weighted by Gasteiger charge is 2.35. The SMILES string of the molecule is CC(C)(O)c1ccc(N2CCN(S(=O)(=O)c3cccs3)C[C@@H]2Cc2ccc(O)cc2)cc1. The lowest BCUT2D eigenvalue weighted by Gasteiger charge is -2.42. The van der Waals surface area contributed by atoms with E-state index in [0.29, 0.717) is 30.3 Å². The quantitative estimate of drug-likeness (QED) is 0.570. The minimum Gasteiger partial charge on any atom is -0.508 e. The van der Waals surface area contributed by atoms with E-state index in [1.54, 1.807) is 47.8 Å². The van der Waals surface area contributed by atoms with Crippen molar-refractivity contribution in [1.82, 2.24) is 4.31 Å². The highest BCUT2D eigenvalue weighted by Crippen LogP contribution is 2.30. The zero-order chi connectivity index (χ0) is 22.9. The van der Waals surface area contributed by atoms with E-state index in [-0.39, 0.29) is 11.8 Å². The predicted octanol–water partition coefficient (Wildman–Crippen LogP) is 3.80. The first-order valence-electron chi connectivity index (χ1n) is 10.6. The third-order valence-electron chi connectivity index (χ3n) is 5.85. The monoisotopic (exact) mass is 472 g/mol. The lowest BCUT2D eigenvalue weighted by Crippen LogP contribution is -2.55. The van der Waals surface area contributed by atoms with Gasteiger partial charge in [-0.2, -0.15) is 4.31 Å². The van der Waals surface area contributed by atoms with Crippen molar-refractivity contribution in [2.24, 2.45) is 0 Å². The number of nitrogens with zero attached hydrogens (tertiary/aromatic N) is 2. The number of phenolic OH excluding ortho intramolecular Hbond substituents is 1. The number of rotatable bonds is 6. The molecule has 4 rings (SSSR count). The fourth-order valence-electron chi connectivity index (χ4n) is 4.06. The van der Waals surface area contributed by atoms with Crippen molar-refractivity contribution in [2.75, 3.05) is 24.5 Å². The maximum Gasteiger partial charge on any atom is 0.252 e. The molecule has 2 aromatic carbocycles. The summed E-state index contributed by atoms with van der Waals surface area (Å²) in [6, 6.07) is 18.2. The number of hydrogen-bond donors (Lipinski definition) is 2. The molecule has 3 aromatic rings. The van der Waals surface area contributed by atoms with Crippen LogP contribution in [0.3, 0.4) is 0 Å². The zero-order valence-corrected chi connectivity index (χ0v) is 19.8. The van der Waals surface area contributed by atoms with Gasteiger partial charge >= 0.3 is 0 Å². The predicted molar refractivity (Wildman–Crippen MR) is 128 cm³/mol. The Morgan fingerprint density at radius 3 is 2.31 bits per heavy atom. The van der Waals surface area contributed by atoms with Crippen molar-refractivity contribution in [3.8, 4) is 5.75 Å². The molecular weight excluding hydrogens is 444 g/mol. The van der Waals surface area contributed by atoms with Crippen LogP contribution in [0.1, 0.15) is 25.0 Å². The molecule has 0 amide bonds. The normalized spacial score (nSPS) is 18.1. The van der Waals surface area contributed by atoms with Crippen LogP contribution in [0.4, 0.5) is 5.69 Å². The van der Waals surface area contributed by atoms with Crippen LogP contribution in [0.5, 0.6) is 5.75 Å². The van der Waals surface area contributed by atoms with Gasteiger partial charge in [0.15, 0.2) is 0 Å². The van der Waals surface area contributed by atoms with E-state index in [0.717, 1.165) is 16.8 Å².